The van der Waals surface area contributed by atoms with E-state index < -0.39 is 12.3 Å². The minimum absolute atomic E-state index is 0.576. The summed E-state index contributed by atoms with van der Waals surface area (Å²) < 4.78 is 12.9. The van der Waals surface area contributed by atoms with Gasteiger partial charge in [-0.3, -0.25) is 0 Å². The van der Waals surface area contributed by atoms with Crippen LogP contribution >= 0.6 is 0 Å². The average Bonchev–Trinajstić information content (AvgIpc) is 2.04. The lowest BCUT2D eigenvalue weighted by Crippen LogP contribution is -1.98. The summed E-state index contributed by atoms with van der Waals surface area (Å²) in [5.74, 6) is 0. The molecule has 1 aromatic rings. The van der Waals surface area contributed by atoms with Crippen LogP contribution in [-0.2, 0) is 0 Å². The molecule has 1 nitrogen and oxygen atoms in total. The van der Waals surface area contributed by atoms with E-state index in [2.05, 4.69) is 0 Å². The number of rotatable bonds is 2. The Hall–Kier alpha value is -0.890. The standard InChI is InChI=1S/C10H13FO/c1-7(11)9-5-3-4-6-10(9)8(2)12/h3-8,12H,1-2H3. The Bertz CT molecular complexity index is 229. The normalized spacial score (nSPS) is 15.7. The smallest absolute Gasteiger partial charge is 0.123 e. The fourth-order valence-electron chi connectivity index (χ4n) is 1.25. The van der Waals surface area contributed by atoms with Gasteiger partial charge in [0.2, 0.25) is 0 Å². The number of benzene rings is 1. The lowest BCUT2D eigenvalue weighted by atomic mass is 10.0. The third kappa shape index (κ3) is 1.83. The van der Waals surface area contributed by atoms with Crippen molar-refractivity contribution in [3.05, 3.63) is 35.4 Å². The van der Waals surface area contributed by atoms with Gasteiger partial charge in [-0.1, -0.05) is 24.3 Å². The van der Waals surface area contributed by atoms with Gasteiger partial charge in [-0.25, -0.2) is 4.39 Å². The van der Waals surface area contributed by atoms with Crippen LogP contribution in [0.5, 0.6) is 0 Å². The van der Waals surface area contributed by atoms with E-state index in [-0.39, 0.29) is 0 Å². The number of aliphatic hydroxyl groups excluding tert-OH is 1. The summed E-state index contributed by atoms with van der Waals surface area (Å²) in [5.41, 5.74) is 1.25. The van der Waals surface area contributed by atoms with Crippen LogP contribution in [0.4, 0.5) is 4.39 Å². The van der Waals surface area contributed by atoms with Crippen LogP contribution in [0.3, 0.4) is 0 Å². The van der Waals surface area contributed by atoms with Crippen LogP contribution in [0.25, 0.3) is 0 Å². The molecule has 0 aliphatic heterocycles. The highest BCUT2D eigenvalue weighted by molar-refractivity contribution is 5.30. The van der Waals surface area contributed by atoms with Gasteiger partial charge in [0.05, 0.1) is 6.10 Å². The molecular weight excluding hydrogens is 155 g/mol. The van der Waals surface area contributed by atoms with Gasteiger partial charge in [0.15, 0.2) is 0 Å². The van der Waals surface area contributed by atoms with E-state index in [4.69, 9.17) is 0 Å². The van der Waals surface area contributed by atoms with Gasteiger partial charge >= 0.3 is 0 Å². The van der Waals surface area contributed by atoms with E-state index in [9.17, 15) is 9.50 Å². The van der Waals surface area contributed by atoms with Crippen LogP contribution in [0.2, 0.25) is 0 Å². The highest BCUT2D eigenvalue weighted by Gasteiger charge is 2.11. The van der Waals surface area contributed by atoms with Gasteiger partial charge in [-0.05, 0) is 25.0 Å². The van der Waals surface area contributed by atoms with Gasteiger partial charge < -0.3 is 5.11 Å². The molecule has 2 heteroatoms. The number of alkyl halides is 1. The minimum atomic E-state index is -1.02. The summed E-state index contributed by atoms with van der Waals surface area (Å²) in [6.07, 6.45) is -1.62. The molecule has 0 saturated heterocycles. The molecule has 0 radical (unpaired) electrons. The summed E-state index contributed by atoms with van der Waals surface area (Å²) >= 11 is 0. The van der Waals surface area contributed by atoms with E-state index in [1.165, 1.54) is 6.92 Å². The first-order chi connectivity index (χ1) is 5.63. The van der Waals surface area contributed by atoms with Crippen molar-refractivity contribution in [2.45, 2.75) is 26.1 Å². The molecule has 0 aliphatic carbocycles. The first-order valence-electron chi connectivity index (χ1n) is 4.04. The average molecular weight is 168 g/mol. The van der Waals surface area contributed by atoms with Crippen LogP contribution in [-0.4, -0.2) is 5.11 Å². The molecule has 0 fully saturated rings. The predicted octanol–water partition coefficient (Wildman–Crippen LogP) is 2.77. The lowest BCUT2D eigenvalue weighted by molar-refractivity contribution is 0.195. The van der Waals surface area contributed by atoms with Crippen molar-refractivity contribution in [2.75, 3.05) is 0 Å². The zero-order chi connectivity index (χ0) is 9.14. The minimum Gasteiger partial charge on any atom is -0.389 e. The van der Waals surface area contributed by atoms with Crippen molar-refractivity contribution in [1.29, 1.82) is 0 Å². The summed E-state index contributed by atoms with van der Waals surface area (Å²) in [6, 6.07) is 7.02. The van der Waals surface area contributed by atoms with Crippen molar-refractivity contribution in [1.82, 2.24) is 0 Å². The number of hydrogen-bond acceptors (Lipinski definition) is 1. The number of aliphatic hydroxyl groups is 1. The predicted molar refractivity (Wildman–Crippen MR) is 46.6 cm³/mol. The second kappa shape index (κ2) is 3.68. The Morgan fingerprint density at radius 2 is 1.67 bits per heavy atom. The fourth-order valence-corrected chi connectivity index (χ4v) is 1.25. The van der Waals surface area contributed by atoms with Crippen molar-refractivity contribution in [3.63, 3.8) is 0 Å². The SMILES string of the molecule is CC(O)c1ccccc1C(C)F. The highest BCUT2D eigenvalue weighted by atomic mass is 19.1. The molecule has 0 aliphatic rings. The maximum Gasteiger partial charge on any atom is 0.123 e. The molecule has 0 amide bonds. The molecule has 1 aromatic carbocycles. The van der Waals surface area contributed by atoms with Gasteiger partial charge in [0.1, 0.15) is 6.17 Å². The third-order valence-electron chi connectivity index (χ3n) is 1.87. The first-order valence-corrected chi connectivity index (χ1v) is 4.04. The molecule has 2 atom stereocenters. The van der Waals surface area contributed by atoms with E-state index in [0.717, 1.165) is 0 Å². The Kier molecular flexibility index (Phi) is 2.82. The summed E-state index contributed by atoms with van der Waals surface area (Å²) in [6.45, 7) is 3.11. The number of halogens is 1. The van der Waals surface area contributed by atoms with Crippen LogP contribution in [0.15, 0.2) is 24.3 Å². The summed E-state index contributed by atoms with van der Waals surface area (Å²) in [5, 5.41) is 9.29. The molecule has 66 valence electrons. The van der Waals surface area contributed by atoms with Gasteiger partial charge in [0, 0.05) is 0 Å². The Morgan fingerprint density at radius 1 is 1.17 bits per heavy atom. The van der Waals surface area contributed by atoms with Crippen molar-refractivity contribution >= 4 is 0 Å². The quantitative estimate of drug-likeness (QED) is 0.719. The summed E-state index contributed by atoms with van der Waals surface area (Å²) in [7, 11) is 0. The topological polar surface area (TPSA) is 20.2 Å². The van der Waals surface area contributed by atoms with Gasteiger partial charge in [-0.15, -0.1) is 0 Å². The second-order valence-electron chi connectivity index (χ2n) is 2.92. The maximum atomic E-state index is 12.9. The van der Waals surface area contributed by atoms with Crippen LogP contribution in [0.1, 0.15) is 37.3 Å². The van der Waals surface area contributed by atoms with Crippen molar-refractivity contribution in [2.24, 2.45) is 0 Å². The Balaban J connectivity index is 3.09. The zero-order valence-corrected chi connectivity index (χ0v) is 7.29. The largest absolute Gasteiger partial charge is 0.389 e. The maximum absolute atomic E-state index is 12.9. The molecular formula is C10H13FO. The molecule has 0 spiro atoms. The molecule has 12 heavy (non-hydrogen) atoms. The molecule has 1 N–H and O–H groups in total. The molecule has 0 bridgehead atoms. The van der Waals surface area contributed by atoms with Crippen LogP contribution < -0.4 is 0 Å². The van der Waals surface area contributed by atoms with E-state index >= 15 is 0 Å². The van der Waals surface area contributed by atoms with E-state index in [1.807, 2.05) is 0 Å². The van der Waals surface area contributed by atoms with Crippen molar-refractivity contribution in [3.8, 4) is 0 Å². The summed E-state index contributed by atoms with van der Waals surface area (Å²) in [4.78, 5) is 0. The second-order valence-corrected chi connectivity index (χ2v) is 2.92. The van der Waals surface area contributed by atoms with E-state index in [1.54, 1.807) is 31.2 Å². The fraction of sp³-hybridized carbons (Fsp3) is 0.400. The lowest BCUT2D eigenvalue weighted by Gasteiger charge is -2.11. The first kappa shape index (κ1) is 9.20. The van der Waals surface area contributed by atoms with E-state index in [0.29, 0.717) is 11.1 Å². The molecule has 0 heterocycles. The number of hydrogen-bond donors (Lipinski definition) is 1. The third-order valence-corrected chi connectivity index (χ3v) is 1.87. The highest BCUT2D eigenvalue weighted by Crippen LogP contribution is 2.25. The Morgan fingerprint density at radius 3 is 2.00 bits per heavy atom. The Labute approximate surface area is 71.9 Å². The van der Waals surface area contributed by atoms with Gasteiger partial charge in [0.25, 0.3) is 0 Å². The monoisotopic (exact) mass is 168 g/mol. The van der Waals surface area contributed by atoms with Crippen molar-refractivity contribution < 1.29 is 9.50 Å². The molecule has 2 unspecified atom stereocenters. The molecule has 1 rings (SSSR count). The van der Waals surface area contributed by atoms with Crippen LogP contribution in [0, 0.1) is 0 Å². The molecule has 0 aromatic heterocycles. The van der Waals surface area contributed by atoms with Gasteiger partial charge in [-0.2, -0.15) is 0 Å². The zero-order valence-electron chi connectivity index (χ0n) is 7.29. The molecule has 0 saturated carbocycles.